The first-order valence-corrected chi connectivity index (χ1v) is 17.9. The second-order valence-electron chi connectivity index (χ2n) is 5.77. The standard InChI is InChI=1S/C18H12S12/c1-23-15-16(24-2)28-13(27-15)7-9(19)5-6(10(7)20)12(22)8(11(5)21)14-29-17(25-3)18(26-4)30-14/h1-4H3. The van der Waals surface area contributed by atoms with Gasteiger partial charge in [-0.2, -0.15) is 0 Å². The molecule has 2 aliphatic heterocycles. The summed E-state index contributed by atoms with van der Waals surface area (Å²) in [4.78, 5) is 3.08. The number of hydrogen-bond acceptors (Lipinski definition) is 12. The minimum Gasteiger partial charge on any atom is -0.121 e. The smallest absolute Gasteiger partial charge is 0.0657 e. The largest absolute Gasteiger partial charge is 0.121 e. The molecule has 4 rings (SSSR count). The SMILES string of the molecule is CSC1=C(SC)SC(=C2C(=S)C3=C(C2=S)C(=S)C(=C2SC(SC)=C(SC)S2)C3=S)S1. The number of thiocarbonyl (C=S) groups is 4. The molecule has 0 aromatic heterocycles. The molecule has 0 radical (unpaired) electrons. The van der Waals surface area contributed by atoms with Crippen molar-refractivity contribution in [1.29, 1.82) is 0 Å². The zero-order chi connectivity index (χ0) is 21.7. The van der Waals surface area contributed by atoms with Gasteiger partial charge in [-0.1, -0.05) is 95.9 Å². The Morgan fingerprint density at radius 2 is 0.667 bits per heavy atom. The first kappa shape index (κ1) is 25.0. The summed E-state index contributed by atoms with van der Waals surface area (Å²) in [6.07, 6.45) is 8.43. The normalized spacial score (nSPS) is 22.3. The van der Waals surface area contributed by atoms with Gasteiger partial charge in [0, 0.05) is 22.3 Å². The summed E-state index contributed by atoms with van der Waals surface area (Å²) < 4.78 is 7.54. The van der Waals surface area contributed by atoms with E-state index >= 15 is 0 Å². The van der Waals surface area contributed by atoms with Crippen LogP contribution >= 0.6 is 143 Å². The Morgan fingerprint density at radius 1 is 0.433 bits per heavy atom. The van der Waals surface area contributed by atoms with Crippen molar-refractivity contribution >= 4 is 162 Å². The molecular formula is C18H12S12. The van der Waals surface area contributed by atoms with Crippen molar-refractivity contribution in [2.45, 2.75) is 0 Å². The van der Waals surface area contributed by atoms with E-state index in [4.69, 9.17) is 48.9 Å². The maximum absolute atomic E-state index is 5.93. The third-order valence-corrected chi connectivity index (χ3v) is 16.4. The summed E-state index contributed by atoms with van der Waals surface area (Å²) in [5, 5.41) is 0. The summed E-state index contributed by atoms with van der Waals surface area (Å²) in [6.45, 7) is 0. The molecule has 0 N–H and O–H groups in total. The molecule has 0 aromatic carbocycles. The van der Waals surface area contributed by atoms with Crippen LogP contribution in [0.2, 0.25) is 0 Å². The van der Waals surface area contributed by atoms with E-state index in [2.05, 4.69) is 25.0 Å². The second-order valence-corrected chi connectivity index (χ2v) is 16.3. The molecule has 4 aliphatic rings. The highest BCUT2D eigenvalue weighted by Gasteiger charge is 2.45. The van der Waals surface area contributed by atoms with Gasteiger partial charge in [-0.25, -0.2) is 0 Å². The molecule has 0 fully saturated rings. The third kappa shape index (κ3) is 4.10. The fraction of sp³-hybridized carbons (Fsp3) is 0.222. The lowest BCUT2D eigenvalue weighted by Crippen LogP contribution is -2.14. The van der Waals surface area contributed by atoms with Gasteiger partial charge in [0.25, 0.3) is 0 Å². The van der Waals surface area contributed by atoms with Gasteiger partial charge < -0.3 is 0 Å². The fourth-order valence-electron chi connectivity index (χ4n) is 2.99. The molecule has 0 atom stereocenters. The number of allylic oxidation sites excluding steroid dienone is 4. The summed E-state index contributed by atoms with van der Waals surface area (Å²) >= 11 is 37.8. The molecule has 2 heterocycles. The van der Waals surface area contributed by atoms with Crippen LogP contribution in [-0.4, -0.2) is 44.5 Å². The molecule has 0 saturated carbocycles. The average Bonchev–Trinajstić information content (AvgIpc) is 3.45. The molecule has 30 heavy (non-hydrogen) atoms. The van der Waals surface area contributed by atoms with Crippen molar-refractivity contribution in [3.8, 4) is 0 Å². The minimum atomic E-state index is 0.770. The maximum atomic E-state index is 5.93. The van der Waals surface area contributed by atoms with Crippen molar-refractivity contribution < 1.29 is 0 Å². The van der Waals surface area contributed by atoms with Crippen LogP contribution in [0.25, 0.3) is 0 Å². The summed E-state index contributed by atoms with van der Waals surface area (Å²) in [5.41, 5.74) is 3.77. The Kier molecular flexibility index (Phi) is 8.51. The van der Waals surface area contributed by atoms with Gasteiger partial charge in [-0.05, 0) is 25.0 Å². The minimum absolute atomic E-state index is 0.770. The topological polar surface area (TPSA) is 0 Å². The molecular weight excluding hydrogens is 601 g/mol. The average molecular weight is 613 g/mol. The Bertz CT molecular complexity index is 932. The van der Waals surface area contributed by atoms with E-state index in [1.165, 1.54) is 16.9 Å². The van der Waals surface area contributed by atoms with Crippen molar-refractivity contribution in [2.75, 3.05) is 25.0 Å². The van der Waals surface area contributed by atoms with Crippen LogP contribution in [0.4, 0.5) is 0 Å². The number of thioether (sulfide) groups is 8. The molecule has 156 valence electrons. The Balaban J connectivity index is 1.69. The van der Waals surface area contributed by atoms with Crippen molar-refractivity contribution in [1.82, 2.24) is 0 Å². The highest BCUT2D eigenvalue weighted by atomic mass is 32.3. The third-order valence-electron chi connectivity index (χ3n) is 4.29. The lowest BCUT2D eigenvalue weighted by atomic mass is 10.1. The van der Waals surface area contributed by atoms with Crippen LogP contribution in [0.3, 0.4) is 0 Å². The van der Waals surface area contributed by atoms with Crippen LogP contribution < -0.4 is 0 Å². The van der Waals surface area contributed by atoms with Crippen molar-refractivity contribution in [3.05, 3.63) is 47.7 Å². The van der Waals surface area contributed by atoms with Gasteiger partial charge >= 0.3 is 0 Å². The van der Waals surface area contributed by atoms with Crippen LogP contribution in [0, 0.1) is 0 Å². The van der Waals surface area contributed by atoms with Gasteiger partial charge in [0.2, 0.25) is 0 Å². The van der Waals surface area contributed by atoms with Crippen LogP contribution in [0.1, 0.15) is 0 Å². The molecule has 0 saturated heterocycles. The Morgan fingerprint density at radius 3 is 0.867 bits per heavy atom. The predicted molar refractivity (Wildman–Crippen MR) is 170 cm³/mol. The van der Waals surface area contributed by atoms with E-state index in [1.54, 1.807) is 94.1 Å². The lowest BCUT2D eigenvalue weighted by molar-refractivity contribution is 2.04. The number of hydrogen-bond donors (Lipinski definition) is 0. The number of rotatable bonds is 4. The summed E-state index contributed by atoms with van der Waals surface area (Å²) in [6, 6.07) is 0. The fourth-order valence-corrected chi connectivity index (χ4v) is 15.6. The van der Waals surface area contributed by atoms with E-state index in [1.807, 2.05) is 0 Å². The summed E-state index contributed by atoms with van der Waals surface area (Å²) in [7, 11) is 0. The van der Waals surface area contributed by atoms with Crippen molar-refractivity contribution in [3.63, 3.8) is 0 Å². The van der Waals surface area contributed by atoms with Gasteiger partial charge in [0.15, 0.2) is 0 Å². The van der Waals surface area contributed by atoms with Crippen molar-refractivity contribution in [2.24, 2.45) is 0 Å². The Labute approximate surface area is 232 Å². The van der Waals surface area contributed by atoms with Gasteiger partial charge in [0.05, 0.1) is 44.9 Å². The summed E-state index contributed by atoms with van der Waals surface area (Å²) in [5.74, 6) is 0. The first-order chi connectivity index (χ1) is 14.4. The van der Waals surface area contributed by atoms with Gasteiger partial charge in [-0.15, -0.1) is 47.0 Å². The first-order valence-electron chi connectivity index (χ1n) is 8.15. The molecule has 0 amide bonds. The molecule has 0 nitrogen and oxygen atoms in total. The van der Waals surface area contributed by atoms with Crippen LogP contribution in [0.15, 0.2) is 47.7 Å². The van der Waals surface area contributed by atoms with Gasteiger partial charge in [-0.3, -0.25) is 0 Å². The van der Waals surface area contributed by atoms with Gasteiger partial charge in [0.1, 0.15) is 0 Å². The van der Waals surface area contributed by atoms with E-state index < -0.39 is 0 Å². The molecule has 0 unspecified atom stereocenters. The Hall–Kier alpha value is 1.86. The molecule has 0 spiro atoms. The van der Waals surface area contributed by atoms with E-state index in [0.717, 1.165) is 50.2 Å². The monoisotopic (exact) mass is 612 g/mol. The zero-order valence-corrected chi connectivity index (χ0v) is 25.7. The maximum Gasteiger partial charge on any atom is 0.0657 e. The molecule has 0 aromatic rings. The highest BCUT2D eigenvalue weighted by molar-refractivity contribution is 8.41. The van der Waals surface area contributed by atoms with Crippen LogP contribution in [0.5, 0.6) is 0 Å². The van der Waals surface area contributed by atoms with E-state index in [-0.39, 0.29) is 0 Å². The predicted octanol–water partition coefficient (Wildman–Crippen LogP) is 8.88. The van der Waals surface area contributed by atoms with E-state index in [9.17, 15) is 0 Å². The second kappa shape index (κ2) is 10.2. The molecule has 12 heteroatoms. The van der Waals surface area contributed by atoms with Crippen LogP contribution in [-0.2, 0) is 0 Å². The lowest BCUT2D eigenvalue weighted by Gasteiger charge is -2.12. The highest BCUT2D eigenvalue weighted by Crippen LogP contribution is 2.61. The zero-order valence-electron chi connectivity index (χ0n) is 15.9. The van der Waals surface area contributed by atoms with E-state index in [0.29, 0.717) is 0 Å². The quantitative estimate of drug-likeness (QED) is 0.220. The molecule has 2 aliphatic carbocycles. The molecule has 0 bridgehead atoms.